The molecule has 1 N–H and O–H groups in total. The Balaban J connectivity index is 1.70. The standard InChI is InChI=1S/C27H31N3O5/c1-18(12-25(32)33)11-24(31)26-22-14-20(15-28)16-29-27(22)30(2)23(26)9-4-5-10-35-17-19-7-6-8-21(13-19)34-3/h6-8,13-14,16,18H,4-5,9-12,17H2,1-3H3,(H,32,33)/t18-/m0/s1. The van der Waals surface area contributed by atoms with Gasteiger partial charge >= 0.3 is 5.97 Å². The summed E-state index contributed by atoms with van der Waals surface area (Å²) in [6.07, 6.45) is 3.81. The van der Waals surface area contributed by atoms with E-state index in [1.54, 1.807) is 20.1 Å². The molecule has 0 saturated carbocycles. The van der Waals surface area contributed by atoms with Crippen LogP contribution >= 0.6 is 0 Å². The molecule has 0 aliphatic rings. The van der Waals surface area contributed by atoms with Gasteiger partial charge in [-0.05, 0) is 48.9 Å². The maximum Gasteiger partial charge on any atom is 0.303 e. The number of fused-ring (bicyclic) bond motifs is 1. The number of aromatic nitrogens is 2. The molecule has 0 fully saturated rings. The Morgan fingerprint density at radius 2 is 2.03 bits per heavy atom. The summed E-state index contributed by atoms with van der Waals surface area (Å²) in [7, 11) is 3.50. The number of ether oxygens (including phenoxy) is 2. The Morgan fingerprint density at radius 3 is 2.74 bits per heavy atom. The lowest BCUT2D eigenvalue weighted by atomic mass is 9.94. The molecule has 3 rings (SSSR count). The maximum absolute atomic E-state index is 13.3. The number of carboxylic acid groups (broad SMARTS) is 1. The number of carbonyl (C=O) groups is 2. The Morgan fingerprint density at radius 1 is 1.23 bits per heavy atom. The molecule has 0 amide bonds. The van der Waals surface area contributed by atoms with E-state index >= 15 is 0 Å². The molecule has 0 radical (unpaired) electrons. The Hall–Kier alpha value is -3.70. The minimum Gasteiger partial charge on any atom is -0.497 e. The lowest BCUT2D eigenvalue weighted by molar-refractivity contribution is -0.137. The molecular formula is C27H31N3O5. The third-order valence-electron chi connectivity index (χ3n) is 5.97. The topological polar surface area (TPSA) is 114 Å². The highest BCUT2D eigenvalue weighted by Gasteiger charge is 2.24. The number of carbonyl (C=O) groups excluding carboxylic acids is 1. The van der Waals surface area contributed by atoms with Crippen LogP contribution in [0.5, 0.6) is 5.75 Å². The molecule has 2 heterocycles. The molecule has 1 atom stereocenters. The van der Waals surface area contributed by atoms with Gasteiger partial charge < -0.3 is 19.1 Å². The third kappa shape index (κ3) is 6.67. The summed E-state index contributed by atoms with van der Waals surface area (Å²) in [5, 5.41) is 19.0. The van der Waals surface area contributed by atoms with E-state index in [0.717, 1.165) is 29.8 Å². The number of ketones is 1. The number of benzene rings is 1. The largest absolute Gasteiger partial charge is 0.497 e. The van der Waals surface area contributed by atoms with Gasteiger partial charge in [-0.1, -0.05) is 19.1 Å². The lowest BCUT2D eigenvalue weighted by Crippen LogP contribution is -2.12. The molecule has 0 spiro atoms. The molecular weight excluding hydrogens is 446 g/mol. The van der Waals surface area contributed by atoms with Crippen LogP contribution in [0.2, 0.25) is 0 Å². The number of Topliss-reactive ketones (excluding diaryl/α,β-unsaturated/α-hetero) is 1. The lowest BCUT2D eigenvalue weighted by Gasteiger charge is -2.11. The van der Waals surface area contributed by atoms with Gasteiger partial charge in [0, 0.05) is 49.3 Å². The first kappa shape index (κ1) is 25.9. The Kier molecular flexibility index (Phi) is 8.98. The van der Waals surface area contributed by atoms with Crippen molar-refractivity contribution in [1.82, 2.24) is 9.55 Å². The predicted octanol–water partition coefficient (Wildman–Crippen LogP) is 4.68. The van der Waals surface area contributed by atoms with Crippen molar-refractivity contribution >= 4 is 22.8 Å². The number of nitrogens with zero attached hydrogens (tertiary/aromatic N) is 3. The van der Waals surface area contributed by atoms with Crippen molar-refractivity contribution in [2.24, 2.45) is 13.0 Å². The fourth-order valence-electron chi connectivity index (χ4n) is 4.26. The first-order valence-corrected chi connectivity index (χ1v) is 11.7. The quantitative estimate of drug-likeness (QED) is 0.281. The number of methoxy groups -OCH3 is 1. The molecule has 0 aliphatic heterocycles. The van der Waals surface area contributed by atoms with Gasteiger partial charge in [0.1, 0.15) is 17.5 Å². The van der Waals surface area contributed by atoms with Crippen molar-refractivity contribution in [1.29, 1.82) is 5.26 Å². The zero-order chi connectivity index (χ0) is 25.4. The summed E-state index contributed by atoms with van der Waals surface area (Å²) in [6, 6.07) is 11.5. The smallest absolute Gasteiger partial charge is 0.303 e. The van der Waals surface area contributed by atoms with Gasteiger partial charge in [0.15, 0.2) is 5.78 Å². The van der Waals surface area contributed by atoms with Crippen molar-refractivity contribution in [2.75, 3.05) is 13.7 Å². The van der Waals surface area contributed by atoms with Gasteiger partial charge in [-0.2, -0.15) is 5.26 Å². The Bertz CT molecular complexity index is 1240. The molecule has 0 bridgehead atoms. The number of unbranched alkanes of at least 4 members (excludes halogenated alkanes) is 1. The van der Waals surface area contributed by atoms with Crippen molar-refractivity contribution < 1.29 is 24.2 Å². The fourth-order valence-corrected chi connectivity index (χ4v) is 4.26. The number of rotatable bonds is 13. The summed E-state index contributed by atoms with van der Waals surface area (Å²) in [5.74, 6) is -0.540. The van der Waals surface area contributed by atoms with Crippen LogP contribution < -0.4 is 4.74 Å². The van der Waals surface area contributed by atoms with E-state index in [1.165, 1.54) is 6.20 Å². The minimum atomic E-state index is -0.925. The second-order valence-corrected chi connectivity index (χ2v) is 8.78. The van der Waals surface area contributed by atoms with Crippen LogP contribution in [0.1, 0.15) is 59.8 Å². The summed E-state index contributed by atoms with van der Waals surface area (Å²) in [5.41, 5.74) is 3.46. The number of pyridine rings is 1. The maximum atomic E-state index is 13.3. The molecule has 8 nitrogen and oxygen atoms in total. The molecule has 1 aromatic carbocycles. The van der Waals surface area contributed by atoms with E-state index in [1.807, 2.05) is 35.9 Å². The molecule has 184 valence electrons. The number of hydrogen-bond acceptors (Lipinski definition) is 6. The van der Waals surface area contributed by atoms with E-state index in [4.69, 9.17) is 14.6 Å². The van der Waals surface area contributed by atoms with E-state index in [2.05, 4.69) is 11.1 Å². The van der Waals surface area contributed by atoms with E-state index in [0.29, 0.717) is 41.8 Å². The molecule has 2 aromatic heterocycles. The van der Waals surface area contributed by atoms with Crippen molar-refractivity contribution in [3.63, 3.8) is 0 Å². The van der Waals surface area contributed by atoms with Crippen molar-refractivity contribution in [3.05, 3.63) is 58.9 Å². The van der Waals surface area contributed by atoms with Crippen LogP contribution in [0.3, 0.4) is 0 Å². The Labute approximate surface area is 205 Å². The number of hydrogen-bond donors (Lipinski definition) is 1. The van der Waals surface area contributed by atoms with Crippen LogP contribution in [-0.4, -0.2) is 40.1 Å². The highest BCUT2D eigenvalue weighted by Crippen LogP contribution is 2.29. The number of aliphatic carboxylic acids is 1. The van der Waals surface area contributed by atoms with E-state index < -0.39 is 5.97 Å². The summed E-state index contributed by atoms with van der Waals surface area (Å²) in [6.45, 7) is 2.84. The normalized spacial score (nSPS) is 11.8. The van der Waals surface area contributed by atoms with Crippen LogP contribution in [0.15, 0.2) is 36.5 Å². The second-order valence-electron chi connectivity index (χ2n) is 8.78. The zero-order valence-electron chi connectivity index (χ0n) is 20.4. The predicted molar refractivity (Wildman–Crippen MR) is 131 cm³/mol. The van der Waals surface area contributed by atoms with Crippen molar-refractivity contribution in [3.8, 4) is 11.8 Å². The first-order valence-electron chi connectivity index (χ1n) is 11.7. The van der Waals surface area contributed by atoms with Gasteiger partial charge in [0.2, 0.25) is 0 Å². The number of carboxylic acids is 1. The molecule has 0 aliphatic carbocycles. The molecule has 0 unspecified atom stereocenters. The number of aryl methyl sites for hydroxylation is 1. The highest BCUT2D eigenvalue weighted by atomic mass is 16.5. The van der Waals surface area contributed by atoms with Crippen molar-refractivity contribution in [2.45, 2.75) is 45.6 Å². The van der Waals surface area contributed by atoms with E-state index in [-0.39, 0.29) is 24.5 Å². The van der Waals surface area contributed by atoms with Gasteiger partial charge in [0.05, 0.1) is 19.3 Å². The van der Waals surface area contributed by atoms with Crippen LogP contribution in [0.4, 0.5) is 0 Å². The summed E-state index contributed by atoms with van der Waals surface area (Å²) >= 11 is 0. The molecule has 35 heavy (non-hydrogen) atoms. The van der Waals surface area contributed by atoms with Gasteiger partial charge in [-0.15, -0.1) is 0 Å². The van der Waals surface area contributed by atoms with Gasteiger partial charge in [0.25, 0.3) is 0 Å². The third-order valence-corrected chi connectivity index (χ3v) is 5.97. The van der Waals surface area contributed by atoms with Gasteiger partial charge in [-0.3, -0.25) is 9.59 Å². The molecule has 0 saturated heterocycles. The summed E-state index contributed by atoms with van der Waals surface area (Å²) < 4.78 is 13.0. The average molecular weight is 478 g/mol. The monoisotopic (exact) mass is 477 g/mol. The fraction of sp³-hybridized carbons (Fsp3) is 0.407. The van der Waals surface area contributed by atoms with Crippen LogP contribution in [0, 0.1) is 17.2 Å². The molecule has 8 heteroatoms. The van der Waals surface area contributed by atoms with Crippen LogP contribution in [-0.2, 0) is 29.6 Å². The minimum absolute atomic E-state index is 0.0713. The molecule has 3 aromatic rings. The highest BCUT2D eigenvalue weighted by molar-refractivity contribution is 6.09. The van der Waals surface area contributed by atoms with E-state index in [9.17, 15) is 14.9 Å². The average Bonchev–Trinajstić information content (AvgIpc) is 3.11. The summed E-state index contributed by atoms with van der Waals surface area (Å²) in [4.78, 5) is 28.7. The SMILES string of the molecule is COc1cccc(COCCCCc2c(C(=O)C[C@H](C)CC(=O)O)c3cc(C#N)cnc3n2C)c1. The number of nitriles is 1. The first-order chi connectivity index (χ1) is 16.8. The second kappa shape index (κ2) is 12.1. The zero-order valence-corrected chi connectivity index (χ0v) is 20.4. The van der Waals surface area contributed by atoms with Gasteiger partial charge in [-0.25, -0.2) is 4.98 Å². The van der Waals surface area contributed by atoms with Crippen LogP contribution in [0.25, 0.3) is 11.0 Å².